The lowest BCUT2D eigenvalue weighted by atomic mass is 9.70. The smallest absolute Gasteiger partial charge is 0.176 e. The molecule has 2 aliphatic rings. The molecule has 122 valence electrons. The third kappa shape index (κ3) is 2.00. The Morgan fingerprint density at radius 1 is 1.24 bits per heavy atom. The van der Waals surface area contributed by atoms with Crippen LogP contribution in [0.4, 0.5) is 5.69 Å². The number of nitriles is 2. The highest BCUT2D eigenvalue weighted by molar-refractivity contribution is 7.08. The molecule has 1 aromatic heterocycles. The monoisotopic (exact) mass is 345 g/mol. The topological polar surface area (TPSA) is 67.9 Å². The predicted octanol–water partition coefficient (Wildman–Crippen LogP) is 3.74. The van der Waals surface area contributed by atoms with Crippen LogP contribution < -0.4 is 4.90 Å². The number of carbonyl (C=O) groups excluding carboxylic acids is 1. The minimum Gasteiger partial charge on any atom is -0.351 e. The van der Waals surface area contributed by atoms with Gasteiger partial charge < -0.3 is 4.90 Å². The minimum absolute atomic E-state index is 0.0290. The molecule has 0 unspecified atom stereocenters. The summed E-state index contributed by atoms with van der Waals surface area (Å²) in [6, 6.07) is 13.3. The number of hydrogen-bond donors (Lipinski definition) is 0. The number of Topliss-reactive ketones (excluding diaryl/α,β-unsaturated/α-hetero) is 1. The standard InChI is InChI=1S/C20H15N3OS/c1-13(24)19-18(15-8-9-25-10-15)20(11-21,12-22)17-7-6-14-4-2-3-5-16(14)23(17)19/h2-10,17-19H,1H3/t17-,18-,19-/m1/s1. The van der Waals surface area contributed by atoms with Gasteiger partial charge in [-0.05, 0) is 40.9 Å². The molecule has 3 atom stereocenters. The van der Waals surface area contributed by atoms with E-state index in [9.17, 15) is 15.3 Å². The van der Waals surface area contributed by atoms with E-state index in [2.05, 4.69) is 12.1 Å². The molecule has 0 radical (unpaired) electrons. The highest BCUT2D eigenvalue weighted by atomic mass is 32.1. The summed E-state index contributed by atoms with van der Waals surface area (Å²) in [6.07, 6.45) is 3.85. The summed E-state index contributed by atoms with van der Waals surface area (Å²) in [5.41, 5.74) is 1.48. The molecule has 0 bridgehead atoms. The molecule has 1 aromatic carbocycles. The Morgan fingerprint density at radius 3 is 2.64 bits per heavy atom. The van der Waals surface area contributed by atoms with Crippen molar-refractivity contribution in [2.45, 2.75) is 24.9 Å². The fraction of sp³-hybridized carbons (Fsp3) is 0.250. The molecular weight excluding hydrogens is 330 g/mol. The van der Waals surface area contributed by atoms with Crippen LogP contribution in [0.2, 0.25) is 0 Å². The number of anilines is 1. The van der Waals surface area contributed by atoms with Crippen molar-refractivity contribution >= 4 is 28.9 Å². The Kier molecular flexibility index (Phi) is 3.49. The average molecular weight is 345 g/mol. The summed E-state index contributed by atoms with van der Waals surface area (Å²) in [6.45, 7) is 1.55. The van der Waals surface area contributed by atoms with Crippen LogP contribution in [0.15, 0.2) is 47.2 Å². The van der Waals surface area contributed by atoms with Crippen molar-refractivity contribution in [3.8, 4) is 12.1 Å². The number of fused-ring (bicyclic) bond motifs is 3. The SMILES string of the molecule is CC(=O)[C@@H]1[C@@H](c2ccsc2)C(C#N)(C#N)[C@H]2C=Cc3ccccc3N12. The van der Waals surface area contributed by atoms with Gasteiger partial charge in [0.05, 0.1) is 24.2 Å². The number of carbonyl (C=O) groups is 1. The average Bonchev–Trinajstić information content (AvgIpc) is 3.25. The molecule has 2 aliphatic heterocycles. The van der Waals surface area contributed by atoms with E-state index in [1.54, 1.807) is 6.92 Å². The third-order valence-electron chi connectivity index (χ3n) is 5.23. The van der Waals surface area contributed by atoms with Gasteiger partial charge in [0.2, 0.25) is 0 Å². The number of hydrogen-bond acceptors (Lipinski definition) is 5. The number of para-hydroxylation sites is 1. The van der Waals surface area contributed by atoms with E-state index >= 15 is 0 Å². The molecule has 3 heterocycles. The van der Waals surface area contributed by atoms with Crippen LogP contribution in [-0.2, 0) is 4.79 Å². The molecule has 2 aromatic rings. The van der Waals surface area contributed by atoms with Crippen LogP contribution in [0.25, 0.3) is 6.08 Å². The molecule has 5 heteroatoms. The van der Waals surface area contributed by atoms with Crippen LogP contribution in [-0.4, -0.2) is 17.9 Å². The van der Waals surface area contributed by atoms with E-state index < -0.39 is 23.4 Å². The van der Waals surface area contributed by atoms with Crippen LogP contribution >= 0.6 is 11.3 Å². The molecular formula is C20H15N3OS. The normalized spacial score (nSPS) is 25.6. The second kappa shape index (κ2) is 5.58. The van der Waals surface area contributed by atoms with E-state index in [0.717, 1.165) is 16.8 Å². The number of nitrogens with zero attached hydrogens (tertiary/aromatic N) is 3. The highest BCUT2D eigenvalue weighted by Gasteiger charge is 2.62. The summed E-state index contributed by atoms with van der Waals surface area (Å²) >= 11 is 1.51. The lowest BCUT2D eigenvalue weighted by Gasteiger charge is -2.35. The van der Waals surface area contributed by atoms with Crippen molar-refractivity contribution in [2.24, 2.45) is 5.41 Å². The molecule has 0 N–H and O–H groups in total. The first-order chi connectivity index (χ1) is 12.1. The van der Waals surface area contributed by atoms with Gasteiger partial charge in [-0.1, -0.05) is 30.4 Å². The fourth-order valence-electron chi connectivity index (χ4n) is 4.21. The van der Waals surface area contributed by atoms with Crippen LogP contribution in [0, 0.1) is 28.1 Å². The van der Waals surface area contributed by atoms with Gasteiger partial charge in [-0.25, -0.2) is 0 Å². The first-order valence-electron chi connectivity index (χ1n) is 8.04. The third-order valence-corrected chi connectivity index (χ3v) is 5.94. The first kappa shape index (κ1) is 15.6. The van der Waals surface area contributed by atoms with E-state index in [4.69, 9.17) is 0 Å². The zero-order valence-electron chi connectivity index (χ0n) is 13.6. The van der Waals surface area contributed by atoms with Crippen molar-refractivity contribution < 1.29 is 4.79 Å². The van der Waals surface area contributed by atoms with Crippen LogP contribution in [0.1, 0.15) is 24.0 Å². The van der Waals surface area contributed by atoms with Crippen molar-refractivity contribution in [1.29, 1.82) is 10.5 Å². The maximum atomic E-state index is 12.7. The number of benzene rings is 1. The van der Waals surface area contributed by atoms with Gasteiger partial charge >= 0.3 is 0 Å². The predicted molar refractivity (Wildman–Crippen MR) is 96.9 cm³/mol. The summed E-state index contributed by atoms with van der Waals surface area (Å²) in [4.78, 5) is 14.6. The maximum absolute atomic E-state index is 12.7. The molecule has 0 spiro atoms. The molecule has 0 saturated carbocycles. The quantitative estimate of drug-likeness (QED) is 0.831. The second-order valence-corrected chi connectivity index (χ2v) is 7.23. The molecule has 25 heavy (non-hydrogen) atoms. The lowest BCUT2D eigenvalue weighted by molar-refractivity contribution is -0.118. The van der Waals surface area contributed by atoms with Gasteiger partial charge in [0.15, 0.2) is 11.2 Å². The van der Waals surface area contributed by atoms with Crippen molar-refractivity contribution in [3.63, 3.8) is 0 Å². The number of ketones is 1. The van der Waals surface area contributed by atoms with E-state index in [-0.39, 0.29) is 5.78 Å². The molecule has 0 amide bonds. The second-order valence-electron chi connectivity index (χ2n) is 6.45. The fourth-order valence-corrected chi connectivity index (χ4v) is 4.91. The first-order valence-corrected chi connectivity index (χ1v) is 8.99. The van der Waals surface area contributed by atoms with Crippen molar-refractivity contribution in [3.05, 3.63) is 58.3 Å². The lowest BCUT2D eigenvalue weighted by Crippen LogP contribution is -2.43. The largest absolute Gasteiger partial charge is 0.351 e. The van der Waals surface area contributed by atoms with Crippen molar-refractivity contribution in [2.75, 3.05) is 4.90 Å². The molecule has 0 aliphatic carbocycles. The zero-order valence-corrected chi connectivity index (χ0v) is 14.4. The Hall–Kier alpha value is -2.89. The van der Waals surface area contributed by atoms with E-state index in [1.165, 1.54) is 11.3 Å². The number of thiophene rings is 1. The van der Waals surface area contributed by atoms with Crippen molar-refractivity contribution in [1.82, 2.24) is 0 Å². The van der Waals surface area contributed by atoms with Gasteiger partial charge in [-0.2, -0.15) is 21.9 Å². The molecule has 4 rings (SSSR count). The summed E-state index contributed by atoms with van der Waals surface area (Å²) in [5.74, 6) is -0.509. The summed E-state index contributed by atoms with van der Waals surface area (Å²) in [7, 11) is 0. The maximum Gasteiger partial charge on any atom is 0.176 e. The molecule has 1 fully saturated rings. The van der Waals surface area contributed by atoms with Gasteiger partial charge in [-0.3, -0.25) is 4.79 Å². The van der Waals surface area contributed by atoms with Crippen LogP contribution in [0.5, 0.6) is 0 Å². The van der Waals surface area contributed by atoms with Gasteiger partial charge in [0, 0.05) is 11.6 Å². The van der Waals surface area contributed by atoms with Gasteiger partial charge in [-0.15, -0.1) is 0 Å². The van der Waals surface area contributed by atoms with E-state index in [0.29, 0.717) is 0 Å². The summed E-state index contributed by atoms with van der Waals surface area (Å²) in [5, 5.41) is 23.9. The van der Waals surface area contributed by atoms with Gasteiger partial charge in [0.25, 0.3) is 0 Å². The zero-order chi connectivity index (χ0) is 17.6. The molecule has 4 nitrogen and oxygen atoms in total. The Labute approximate surface area is 150 Å². The molecule has 1 saturated heterocycles. The van der Waals surface area contributed by atoms with Crippen LogP contribution in [0.3, 0.4) is 0 Å². The van der Waals surface area contributed by atoms with E-state index in [1.807, 2.05) is 58.1 Å². The Morgan fingerprint density at radius 2 is 2.00 bits per heavy atom. The highest BCUT2D eigenvalue weighted by Crippen LogP contribution is 2.55. The minimum atomic E-state index is -1.30. The number of rotatable bonds is 2. The summed E-state index contributed by atoms with van der Waals surface area (Å²) < 4.78 is 0. The Balaban J connectivity index is 2.01. The Bertz CT molecular complexity index is 934. The van der Waals surface area contributed by atoms with Gasteiger partial charge in [0.1, 0.15) is 0 Å².